The Kier molecular flexibility index (Phi) is 4.51. The fourth-order valence-corrected chi connectivity index (χ4v) is 2.18. The normalized spacial score (nSPS) is 11.0. The van der Waals surface area contributed by atoms with Crippen molar-refractivity contribution in [3.63, 3.8) is 0 Å². The number of benzene rings is 1. The first kappa shape index (κ1) is 14.3. The number of ether oxygens (including phenoxy) is 2. The first-order valence-corrected chi connectivity index (χ1v) is 6.15. The molecule has 0 aliphatic carbocycles. The molecular weight excluding hydrogens is 264 g/mol. The van der Waals surface area contributed by atoms with Crippen LogP contribution >= 0.6 is 0 Å². The Morgan fingerprint density at radius 1 is 1.28 bits per heavy atom. The van der Waals surface area contributed by atoms with Gasteiger partial charge < -0.3 is 14.6 Å². The molecule has 1 N–H and O–H groups in total. The molecule has 0 unspecified atom stereocenters. The van der Waals surface area contributed by atoms with E-state index in [0.717, 1.165) is 0 Å². The average molecular weight is 276 g/mol. The molecule has 0 aromatic heterocycles. The molecule has 18 heavy (non-hydrogen) atoms. The van der Waals surface area contributed by atoms with Crippen molar-refractivity contribution in [1.82, 2.24) is 0 Å². The molecule has 0 fully saturated rings. The number of hydrogen-bond donors (Lipinski definition) is 1. The van der Waals surface area contributed by atoms with Crippen LogP contribution in [0.5, 0.6) is 11.5 Å². The Morgan fingerprint density at radius 2 is 1.94 bits per heavy atom. The van der Waals surface area contributed by atoms with Crippen LogP contribution in [0.2, 0.25) is 0 Å². The standard InChI is InChI=1S/C10H12O7S/c1-15-7-3-4-9(8(5-7)16-2)18(13,14)17-6-10(11)12/h3-5H,6H2,1-2H3,(H,11,12). The highest BCUT2D eigenvalue weighted by Crippen LogP contribution is 2.29. The van der Waals surface area contributed by atoms with Gasteiger partial charge in [0, 0.05) is 6.07 Å². The highest BCUT2D eigenvalue weighted by molar-refractivity contribution is 7.86. The fraction of sp³-hybridized carbons (Fsp3) is 0.300. The van der Waals surface area contributed by atoms with E-state index in [0.29, 0.717) is 5.75 Å². The van der Waals surface area contributed by atoms with E-state index in [2.05, 4.69) is 4.18 Å². The summed E-state index contributed by atoms with van der Waals surface area (Å²) in [6, 6.07) is 3.98. The molecule has 0 saturated heterocycles. The maximum atomic E-state index is 11.7. The highest BCUT2D eigenvalue weighted by Gasteiger charge is 2.22. The summed E-state index contributed by atoms with van der Waals surface area (Å²) in [5.41, 5.74) is 0. The van der Waals surface area contributed by atoms with Gasteiger partial charge in [0.1, 0.15) is 16.4 Å². The summed E-state index contributed by atoms with van der Waals surface area (Å²) in [5.74, 6) is -0.963. The first-order valence-electron chi connectivity index (χ1n) is 4.74. The third-order valence-corrected chi connectivity index (χ3v) is 3.28. The molecular formula is C10H12O7S. The summed E-state index contributed by atoms with van der Waals surface area (Å²) in [5, 5.41) is 8.39. The molecule has 0 heterocycles. The van der Waals surface area contributed by atoms with E-state index in [1.165, 1.54) is 32.4 Å². The van der Waals surface area contributed by atoms with E-state index in [9.17, 15) is 13.2 Å². The molecule has 0 amide bonds. The van der Waals surface area contributed by atoms with Crippen molar-refractivity contribution in [2.24, 2.45) is 0 Å². The number of carboxylic acids is 1. The summed E-state index contributed by atoms with van der Waals surface area (Å²) in [4.78, 5) is 10.0. The van der Waals surface area contributed by atoms with Gasteiger partial charge in [0.25, 0.3) is 0 Å². The van der Waals surface area contributed by atoms with Crippen molar-refractivity contribution in [2.45, 2.75) is 4.90 Å². The van der Waals surface area contributed by atoms with Crippen LogP contribution in [-0.2, 0) is 19.1 Å². The van der Waals surface area contributed by atoms with E-state index in [1.807, 2.05) is 0 Å². The van der Waals surface area contributed by atoms with E-state index in [4.69, 9.17) is 14.6 Å². The zero-order valence-electron chi connectivity index (χ0n) is 9.74. The van der Waals surface area contributed by atoms with Gasteiger partial charge in [0.2, 0.25) is 0 Å². The minimum atomic E-state index is -4.18. The Bertz CT molecular complexity index is 535. The first-order chi connectivity index (χ1) is 8.40. The molecule has 7 nitrogen and oxygen atoms in total. The molecule has 1 rings (SSSR count). The molecule has 0 aliphatic heterocycles. The summed E-state index contributed by atoms with van der Waals surface area (Å²) < 4.78 is 37.6. The van der Waals surface area contributed by atoms with Crippen LogP contribution in [0.4, 0.5) is 0 Å². The number of rotatable bonds is 6. The minimum absolute atomic E-state index is 0.0136. The molecule has 1 aromatic carbocycles. The van der Waals surface area contributed by atoms with Gasteiger partial charge >= 0.3 is 16.1 Å². The van der Waals surface area contributed by atoms with Crippen molar-refractivity contribution in [3.8, 4) is 11.5 Å². The maximum absolute atomic E-state index is 11.7. The van der Waals surface area contributed by atoms with Gasteiger partial charge in [-0.15, -0.1) is 0 Å². The summed E-state index contributed by atoms with van der Waals surface area (Å²) in [6.07, 6.45) is 0. The SMILES string of the molecule is COc1ccc(S(=O)(=O)OCC(=O)O)c(OC)c1. The van der Waals surface area contributed by atoms with Gasteiger partial charge in [-0.3, -0.25) is 4.18 Å². The van der Waals surface area contributed by atoms with Gasteiger partial charge in [-0.2, -0.15) is 8.42 Å². The molecule has 0 atom stereocenters. The van der Waals surface area contributed by atoms with Crippen LogP contribution in [0, 0.1) is 0 Å². The lowest BCUT2D eigenvalue weighted by molar-refractivity contribution is -0.139. The van der Waals surface area contributed by atoms with Crippen molar-refractivity contribution in [2.75, 3.05) is 20.8 Å². The Morgan fingerprint density at radius 3 is 2.44 bits per heavy atom. The molecule has 0 radical (unpaired) electrons. The third-order valence-electron chi connectivity index (χ3n) is 1.98. The lowest BCUT2D eigenvalue weighted by Crippen LogP contribution is -2.14. The number of carbonyl (C=O) groups is 1. The van der Waals surface area contributed by atoms with Crippen LogP contribution < -0.4 is 9.47 Å². The van der Waals surface area contributed by atoms with Gasteiger partial charge in [-0.25, -0.2) is 4.79 Å². The lowest BCUT2D eigenvalue weighted by Gasteiger charge is -2.10. The summed E-state index contributed by atoms with van der Waals surface area (Å²) in [6.45, 7) is -0.947. The monoisotopic (exact) mass is 276 g/mol. The van der Waals surface area contributed by atoms with E-state index in [1.54, 1.807) is 0 Å². The number of hydrogen-bond acceptors (Lipinski definition) is 6. The van der Waals surface area contributed by atoms with E-state index in [-0.39, 0.29) is 10.6 Å². The van der Waals surface area contributed by atoms with Gasteiger partial charge in [0.05, 0.1) is 14.2 Å². The van der Waals surface area contributed by atoms with Gasteiger partial charge in [0.15, 0.2) is 6.61 Å². The van der Waals surface area contributed by atoms with Crippen LogP contribution in [0.3, 0.4) is 0 Å². The average Bonchev–Trinajstić information content (AvgIpc) is 2.35. The fourth-order valence-electron chi connectivity index (χ4n) is 1.17. The number of methoxy groups -OCH3 is 2. The second kappa shape index (κ2) is 5.69. The third kappa shape index (κ3) is 3.34. The van der Waals surface area contributed by atoms with Crippen LogP contribution in [-0.4, -0.2) is 40.3 Å². The Hall–Kier alpha value is -1.80. The van der Waals surface area contributed by atoms with E-state index >= 15 is 0 Å². The molecule has 8 heteroatoms. The largest absolute Gasteiger partial charge is 0.497 e. The second-order valence-corrected chi connectivity index (χ2v) is 4.71. The summed E-state index contributed by atoms with van der Waals surface area (Å²) >= 11 is 0. The molecule has 100 valence electrons. The second-order valence-electron chi connectivity index (χ2n) is 3.13. The summed E-state index contributed by atoms with van der Waals surface area (Å²) in [7, 11) is -1.48. The Labute approximate surface area is 104 Å². The molecule has 1 aromatic rings. The molecule has 0 bridgehead atoms. The van der Waals surface area contributed by atoms with Gasteiger partial charge in [-0.1, -0.05) is 0 Å². The smallest absolute Gasteiger partial charge is 0.331 e. The quantitative estimate of drug-likeness (QED) is 0.755. The molecule has 0 saturated carbocycles. The lowest BCUT2D eigenvalue weighted by atomic mass is 10.3. The number of carboxylic acid groups (broad SMARTS) is 1. The zero-order valence-corrected chi connectivity index (χ0v) is 10.6. The highest BCUT2D eigenvalue weighted by atomic mass is 32.2. The molecule has 0 aliphatic rings. The Balaban J connectivity index is 3.11. The zero-order chi connectivity index (χ0) is 13.8. The molecule has 0 spiro atoms. The van der Waals surface area contributed by atoms with Crippen LogP contribution in [0.1, 0.15) is 0 Å². The maximum Gasteiger partial charge on any atom is 0.331 e. The predicted molar refractivity (Wildman–Crippen MR) is 60.3 cm³/mol. The predicted octanol–water partition coefficient (Wildman–Crippen LogP) is 0.494. The van der Waals surface area contributed by atoms with E-state index < -0.39 is 22.7 Å². The number of aliphatic carboxylic acids is 1. The van der Waals surface area contributed by atoms with Crippen LogP contribution in [0.15, 0.2) is 23.1 Å². The van der Waals surface area contributed by atoms with Gasteiger partial charge in [-0.05, 0) is 12.1 Å². The van der Waals surface area contributed by atoms with Crippen molar-refractivity contribution >= 4 is 16.1 Å². The van der Waals surface area contributed by atoms with Crippen molar-refractivity contribution in [1.29, 1.82) is 0 Å². The topological polar surface area (TPSA) is 99.1 Å². The van der Waals surface area contributed by atoms with Crippen molar-refractivity contribution < 1.29 is 32.0 Å². The van der Waals surface area contributed by atoms with Crippen LogP contribution in [0.25, 0.3) is 0 Å². The minimum Gasteiger partial charge on any atom is -0.497 e. The van der Waals surface area contributed by atoms with Crippen molar-refractivity contribution in [3.05, 3.63) is 18.2 Å².